The maximum absolute atomic E-state index is 12.5. The molecule has 17 heavy (non-hydrogen) atoms. The van der Waals surface area contributed by atoms with Gasteiger partial charge >= 0.3 is 6.18 Å². The van der Waals surface area contributed by atoms with Crippen molar-refractivity contribution in [3.05, 3.63) is 35.4 Å². The van der Waals surface area contributed by atoms with Crippen molar-refractivity contribution < 1.29 is 13.2 Å². The first kappa shape index (κ1) is 14.3. The van der Waals surface area contributed by atoms with Gasteiger partial charge < -0.3 is 0 Å². The first-order valence-electron chi connectivity index (χ1n) is 5.33. The van der Waals surface area contributed by atoms with Gasteiger partial charge in [-0.05, 0) is 31.5 Å². The molecule has 1 aliphatic rings. The second kappa shape index (κ2) is 5.27. The molecule has 0 aromatic heterocycles. The molecule has 0 radical (unpaired) electrons. The van der Waals surface area contributed by atoms with Gasteiger partial charge in [-0.15, -0.1) is 12.4 Å². The first-order chi connectivity index (χ1) is 7.47. The summed E-state index contributed by atoms with van der Waals surface area (Å²) in [7, 11) is 1.96. The zero-order valence-electron chi connectivity index (χ0n) is 9.50. The van der Waals surface area contributed by atoms with Crippen LogP contribution in [0.3, 0.4) is 0 Å². The molecule has 0 saturated heterocycles. The minimum atomic E-state index is -4.24. The molecule has 1 aromatic rings. The molecular weight excluding hydrogens is 251 g/mol. The number of rotatable bonds is 3. The van der Waals surface area contributed by atoms with Gasteiger partial charge in [0.25, 0.3) is 0 Å². The number of benzene rings is 1. The quantitative estimate of drug-likeness (QED) is 0.805. The number of hydrogen-bond acceptors (Lipinski definition) is 1. The van der Waals surface area contributed by atoms with Gasteiger partial charge in [0.15, 0.2) is 0 Å². The minimum absolute atomic E-state index is 0. The smallest absolute Gasteiger partial charge is 0.299 e. The zero-order valence-corrected chi connectivity index (χ0v) is 10.3. The molecule has 1 aromatic carbocycles. The van der Waals surface area contributed by atoms with Crippen LogP contribution in [0.5, 0.6) is 0 Å². The van der Waals surface area contributed by atoms with E-state index in [0.29, 0.717) is 12.6 Å². The van der Waals surface area contributed by atoms with Crippen LogP contribution in [0.1, 0.15) is 24.0 Å². The molecule has 1 saturated carbocycles. The number of alkyl halides is 3. The second-order valence-corrected chi connectivity index (χ2v) is 4.34. The Morgan fingerprint density at radius 1 is 1.29 bits per heavy atom. The van der Waals surface area contributed by atoms with Crippen LogP contribution in [0.25, 0.3) is 0 Å². The maximum atomic E-state index is 12.5. The summed E-state index contributed by atoms with van der Waals surface area (Å²) in [6.45, 7) is 0.592. The molecule has 1 nitrogen and oxygen atoms in total. The third kappa shape index (κ3) is 3.89. The lowest BCUT2D eigenvalue weighted by Crippen LogP contribution is -2.20. The highest BCUT2D eigenvalue weighted by Gasteiger charge is 2.31. The zero-order chi connectivity index (χ0) is 11.8. The third-order valence-corrected chi connectivity index (χ3v) is 2.86. The van der Waals surface area contributed by atoms with E-state index in [1.165, 1.54) is 12.1 Å². The molecule has 0 spiro atoms. The molecule has 1 fully saturated rings. The summed E-state index contributed by atoms with van der Waals surface area (Å²) < 4.78 is 37.4. The van der Waals surface area contributed by atoms with Gasteiger partial charge in [-0.3, -0.25) is 4.90 Å². The van der Waals surface area contributed by atoms with Gasteiger partial charge in [0.05, 0.1) is 5.56 Å². The van der Waals surface area contributed by atoms with E-state index in [4.69, 9.17) is 0 Å². The van der Waals surface area contributed by atoms with E-state index < -0.39 is 11.7 Å². The molecule has 0 heterocycles. The van der Waals surface area contributed by atoms with Crippen LogP contribution >= 0.6 is 12.4 Å². The maximum Gasteiger partial charge on any atom is 0.416 e. The lowest BCUT2D eigenvalue weighted by Gasteiger charge is -2.16. The molecule has 5 heteroatoms. The van der Waals surface area contributed by atoms with Gasteiger partial charge in [-0.2, -0.15) is 13.2 Å². The average Bonchev–Trinajstić information content (AvgIpc) is 2.99. The summed E-state index contributed by atoms with van der Waals surface area (Å²) in [5.74, 6) is 0. The van der Waals surface area contributed by atoms with E-state index in [1.54, 1.807) is 6.07 Å². The first-order valence-corrected chi connectivity index (χ1v) is 5.33. The molecule has 96 valence electrons. The molecule has 2 rings (SSSR count). The van der Waals surface area contributed by atoms with Crippen LogP contribution < -0.4 is 0 Å². The topological polar surface area (TPSA) is 3.24 Å². The van der Waals surface area contributed by atoms with Crippen molar-refractivity contribution in [2.24, 2.45) is 0 Å². The Balaban J connectivity index is 0.00000144. The van der Waals surface area contributed by atoms with Gasteiger partial charge in [0, 0.05) is 12.6 Å². The summed E-state index contributed by atoms with van der Waals surface area (Å²) in [6.07, 6.45) is -1.92. The SMILES string of the molecule is CN(Cc1cccc(C(F)(F)F)c1)C1CC1.Cl. The summed E-state index contributed by atoms with van der Waals surface area (Å²) in [5, 5.41) is 0. The number of hydrogen-bond donors (Lipinski definition) is 0. The predicted octanol–water partition coefficient (Wildman–Crippen LogP) is 3.72. The highest BCUT2D eigenvalue weighted by Crippen LogP contribution is 2.31. The molecule has 0 atom stereocenters. The number of nitrogens with zero attached hydrogens (tertiary/aromatic N) is 1. The fourth-order valence-electron chi connectivity index (χ4n) is 1.78. The Labute approximate surface area is 105 Å². The Kier molecular flexibility index (Phi) is 4.44. The van der Waals surface area contributed by atoms with Crippen LogP contribution in [-0.2, 0) is 12.7 Å². The van der Waals surface area contributed by atoms with E-state index in [0.717, 1.165) is 24.5 Å². The van der Waals surface area contributed by atoms with Crippen LogP contribution in [0, 0.1) is 0 Å². The molecule has 0 aliphatic heterocycles. The summed E-state index contributed by atoms with van der Waals surface area (Å²) in [6, 6.07) is 6.13. The van der Waals surface area contributed by atoms with Gasteiger partial charge in [-0.25, -0.2) is 0 Å². The number of halogens is 4. The van der Waals surface area contributed by atoms with E-state index in [2.05, 4.69) is 4.90 Å². The summed E-state index contributed by atoms with van der Waals surface area (Å²) >= 11 is 0. The summed E-state index contributed by atoms with van der Waals surface area (Å²) in [4.78, 5) is 2.11. The molecular formula is C12H15ClF3N. The Morgan fingerprint density at radius 3 is 2.47 bits per heavy atom. The minimum Gasteiger partial charge on any atom is -0.299 e. The van der Waals surface area contributed by atoms with Crippen LogP contribution in [0.4, 0.5) is 13.2 Å². The van der Waals surface area contributed by atoms with Crippen molar-refractivity contribution in [2.75, 3.05) is 7.05 Å². The molecule has 0 bridgehead atoms. The highest BCUT2D eigenvalue weighted by atomic mass is 35.5. The summed E-state index contributed by atoms with van der Waals surface area (Å²) in [5.41, 5.74) is 0.165. The standard InChI is InChI=1S/C12H14F3N.ClH/c1-16(11-5-6-11)8-9-3-2-4-10(7-9)12(13,14)15;/h2-4,7,11H,5-6,8H2,1H3;1H. The van der Waals surface area contributed by atoms with E-state index in [9.17, 15) is 13.2 Å². The van der Waals surface area contributed by atoms with Gasteiger partial charge in [0.2, 0.25) is 0 Å². The van der Waals surface area contributed by atoms with Crippen LogP contribution in [0.2, 0.25) is 0 Å². The lowest BCUT2D eigenvalue weighted by atomic mass is 10.1. The Morgan fingerprint density at radius 2 is 1.94 bits per heavy atom. The van der Waals surface area contributed by atoms with Gasteiger partial charge in [-0.1, -0.05) is 18.2 Å². The Bertz CT molecular complexity index is 374. The van der Waals surface area contributed by atoms with Crippen molar-refractivity contribution in [3.8, 4) is 0 Å². The van der Waals surface area contributed by atoms with Crippen molar-refractivity contribution in [1.82, 2.24) is 4.90 Å². The fourth-order valence-corrected chi connectivity index (χ4v) is 1.78. The van der Waals surface area contributed by atoms with Crippen molar-refractivity contribution in [3.63, 3.8) is 0 Å². The van der Waals surface area contributed by atoms with Crippen molar-refractivity contribution >= 4 is 12.4 Å². The van der Waals surface area contributed by atoms with E-state index in [1.807, 2.05) is 7.05 Å². The van der Waals surface area contributed by atoms with Crippen LogP contribution in [-0.4, -0.2) is 18.0 Å². The van der Waals surface area contributed by atoms with Crippen molar-refractivity contribution in [1.29, 1.82) is 0 Å². The highest BCUT2D eigenvalue weighted by molar-refractivity contribution is 5.85. The Hall–Kier alpha value is -0.740. The van der Waals surface area contributed by atoms with E-state index in [-0.39, 0.29) is 12.4 Å². The molecule has 0 amide bonds. The average molecular weight is 266 g/mol. The molecule has 0 unspecified atom stereocenters. The largest absolute Gasteiger partial charge is 0.416 e. The monoisotopic (exact) mass is 265 g/mol. The normalized spacial score (nSPS) is 15.8. The molecule has 1 aliphatic carbocycles. The molecule has 0 N–H and O–H groups in total. The van der Waals surface area contributed by atoms with E-state index >= 15 is 0 Å². The van der Waals surface area contributed by atoms with Gasteiger partial charge in [0.1, 0.15) is 0 Å². The van der Waals surface area contributed by atoms with Crippen LogP contribution in [0.15, 0.2) is 24.3 Å². The third-order valence-electron chi connectivity index (χ3n) is 2.86. The predicted molar refractivity (Wildman–Crippen MR) is 63.2 cm³/mol. The second-order valence-electron chi connectivity index (χ2n) is 4.34. The fraction of sp³-hybridized carbons (Fsp3) is 0.500. The van der Waals surface area contributed by atoms with Crippen molar-refractivity contribution in [2.45, 2.75) is 31.6 Å². The lowest BCUT2D eigenvalue weighted by molar-refractivity contribution is -0.137.